The molecule has 0 saturated carbocycles. The van der Waals surface area contributed by atoms with E-state index < -0.39 is 24.9 Å². The Morgan fingerprint density at radius 2 is 1.32 bits per heavy atom. The number of nitrogens with one attached hydrogen (secondary N) is 1. The molecule has 0 aliphatic heterocycles. The number of carbonyl (C=O) groups is 2. The number of carbonyl (C=O) groups excluding carboxylic acids is 1. The molecule has 1 amide bonds. The van der Waals surface area contributed by atoms with Gasteiger partial charge in [0.15, 0.2) is 0 Å². The van der Waals surface area contributed by atoms with Gasteiger partial charge < -0.3 is 14.9 Å². The molecule has 31 heavy (non-hydrogen) atoms. The van der Waals surface area contributed by atoms with Crippen LogP contribution in [-0.4, -0.2) is 23.6 Å². The van der Waals surface area contributed by atoms with Gasteiger partial charge in [0.05, 0.1) is 11.9 Å². The van der Waals surface area contributed by atoms with Gasteiger partial charge in [-0.1, -0.05) is 66.7 Å². The van der Waals surface area contributed by atoms with Crippen LogP contribution in [0.3, 0.4) is 0 Å². The van der Waals surface area contributed by atoms with Crippen LogP contribution in [0, 0.1) is 0 Å². The molecule has 0 aliphatic carbocycles. The van der Waals surface area contributed by atoms with Crippen LogP contribution < -0.4 is 10.6 Å². The van der Waals surface area contributed by atoms with Gasteiger partial charge in [0.1, 0.15) is 5.70 Å². The van der Waals surface area contributed by atoms with Crippen molar-refractivity contribution in [2.75, 3.05) is 6.61 Å². The third kappa shape index (κ3) is 5.00. The van der Waals surface area contributed by atoms with E-state index in [9.17, 15) is 19.3 Å². The Morgan fingerprint density at radius 1 is 0.839 bits per heavy atom. The van der Waals surface area contributed by atoms with Crippen molar-refractivity contribution in [3.63, 3.8) is 0 Å². The van der Waals surface area contributed by atoms with E-state index in [1.165, 1.54) is 0 Å². The van der Waals surface area contributed by atoms with Crippen molar-refractivity contribution >= 4 is 29.9 Å². The first-order chi connectivity index (χ1) is 15.0. The third-order valence-electron chi connectivity index (χ3n) is 4.47. The van der Waals surface area contributed by atoms with E-state index >= 15 is 0 Å². The molecule has 0 fully saturated rings. The minimum atomic E-state index is -3.88. The fourth-order valence-electron chi connectivity index (χ4n) is 3.12. The van der Waals surface area contributed by atoms with Crippen molar-refractivity contribution < 1.29 is 23.8 Å². The summed E-state index contributed by atoms with van der Waals surface area (Å²) >= 11 is 0. The maximum absolute atomic E-state index is 14.3. The number of rotatable bonds is 8. The Morgan fingerprint density at radius 3 is 1.81 bits per heavy atom. The highest BCUT2D eigenvalue weighted by molar-refractivity contribution is 7.77. The molecule has 6 nitrogen and oxygen atoms in total. The molecule has 0 heterocycles. The van der Waals surface area contributed by atoms with Gasteiger partial charge in [-0.05, 0) is 36.8 Å². The highest BCUT2D eigenvalue weighted by Gasteiger charge is 2.37. The minimum Gasteiger partial charge on any atom is -0.477 e. The summed E-state index contributed by atoms with van der Waals surface area (Å²) in [5, 5.41) is 12.7. The standard InChI is InChI=1S/C24H22NO5P/c1-2-30-31(29,20-16-10-5-11-17-20)22(18-12-6-3-7-13-18)21(24(27)28)25-23(26)19-14-8-4-9-15-19/h3-17H,2H2,1H3,(H,25,26)(H,27,28)/b22-21+/t31-/m0/s1. The Kier molecular flexibility index (Phi) is 7.19. The van der Waals surface area contributed by atoms with Crippen LogP contribution in [0.4, 0.5) is 0 Å². The SMILES string of the molecule is CCO[P@](=O)(/C(=C(/NC(=O)c1ccccc1)C(=O)O)c1ccccc1)c1ccccc1. The fourth-order valence-corrected chi connectivity index (χ4v) is 5.52. The molecule has 3 rings (SSSR count). The molecule has 0 unspecified atom stereocenters. The zero-order valence-electron chi connectivity index (χ0n) is 16.9. The van der Waals surface area contributed by atoms with Crippen molar-refractivity contribution in [1.82, 2.24) is 5.32 Å². The second-order valence-corrected chi connectivity index (χ2v) is 8.84. The van der Waals surface area contributed by atoms with Crippen molar-refractivity contribution in [3.8, 4) is 0 Å². The van der Waals surface area contributed by atoms with Gasteiger partial charge >= 0.3 is 5.97 Å². The lowest BCUT2D eigenvalue weighted by atomic mass is 10.1. The van der Waals surface area contributed by atoms with E-state index in [0.29, 0.717) is 10.9 Å². The fraction of sp³-hybridized carbons (Fsp3) is 0.0833. The molecular formula is C24H22NO5P. The van der Waals surface area contributed by atoms with Crippen LogP contribution in [0.25, 0.3) is 5.31 Å². The second-order valence-electron chi connectivity index (χ2n) is 6.52. The minimum absolute atomic E-state index is 0.0714. The van der Waals surface area contributed by atoms with Crippen molar-refractivity contribution in [3.05, 3.63) is 108 Å². The molecular weight excluding hydrogens is 413 g/mol. The molecule has 0 spiro atoms. The normalized spacial score (nSPS) is 13.6. The number of carboxylic acid groups (broad SMARTS) is 1. The molecule has 3 aromatic carbocycles. The first kappa shape index (κ1) is 22.2. The van der Waals surface area contributed by atoms with Gasteiger partial charge in [0.25, 0.3) is 13.3 Å². The van der Waals surface area contributed by atoms with Crippen LogP contribution in [0.5, 0.6) is 0 Å². The molecule has 158 valence electrons. The molecule has 2 N–H and O–H groups in total. The van der Waals surface area contributed by atoms with Gasteiger partial charge in [-0.15, -0.1) is 0 Å². The van der Waals surface area contributed by atoms with E-state index in [2.05, 4.69) is 5.32 Å². The molecule has 0 saturated heterocycles. The molecule has 0 bridgehead atoms. The maximum atomic E-state index is 14.3. The van der Waals surface area contributed by atoms with Crippen LogP contribution in [0.1, 0.15) is 22.8 Å². The zero-order chi connectivity index (χ0) is 22.3. The summed E-state index contributed by atoms with van der Waals surface area (Å²) in [4.78, 5) is 25.1. The van der Waals surface area contributed by atoms with E-state index in [1.54, 1.807) is 97.9 Å². The lowest BCUT2D eigenvalue weighted by molar-refractivity contribution is -0.132. The number of aliphatic carboxylic acids is 1. The summed E-state index contributed by atoms with van der Waals surface area (Å²) in [7, 11) is -3.88. The number of hydrogen-bond donors (Lipinski definition) is 2. The van der Waals surface area contributed by atoms with Crippen molar-refractivity contribution in [1.29, 1.82) is 0 Å². The summed E-state index contributed by atoms with van der Waals surface area (Å²) in [6.45, 7) is 1.77. The summed E-state index contributed by atoms with van der Waals surface area (Å²) in [5.41, 5.74) is 0.175. The molecule has 0 radical (unpaired) electrons. The van der Waals surface area contributed by atoms with Gasteiger partial charge in [-0.3, -0.25) is 9.36 Å². The maximum Gasteiger partial charge on any atom is 0.353 e. The third-order valence-corrected chi connectivity index (χ3v) is 7.14. The Hall–Kier alpha value is -3.47. The van der Waals surface area contributed by atoms with Crippen LogP contribution in [0.15, 0.2) is 96.7 Å². The Labute approximate surface area is 180 Å². The molecule has 0 aromatic heterocycles. The van der Waals surface area contributed by atoms with Gasteiger partial charge in [-0.2, -0.15) is 0 Å². The topological polar surface area (TPSA) is 92.7 Å². The predicted molar refractivity (Wildman–Crippen MR) is 120 cm³/mol. The average Bonchev–Trinajstić information content (AvgIpc) is 2.80. The summed E-state index contributed by atoms with van der Waals surface area (Å²) < 4.78 is 20.0. The lowest BCUT2D eigenvalue weighted by Crippen LogP contribution is -2.29. The van der Waals surface area contributed by atoms with Crippen LogP contribution in [-0.2, 0) is 13.9 Å². The lowest BCUT2D eigenvalue weighted by Gasteiger charge is -2.24. The summed E-state index contributed by atoms with van der Waals surface area (Å²) in [6, 6.07) is 25.1. The number of amides is 1. The molecule has 3 aromatic rings. The van der Waals surface area contributed by atoms with Crippen molar-refractivity contribution in [2.45, 2.75) is 6.92 Å². The van der Waals surface area contributed by atoms with Gasteiger partial charge in [0.2, 0.25) is 0 Å². The zero-order valence-corrected chi connectivity index (χ0v) is 17.8. The smallest absolute Gasteiger partial charge is 0.353 e. The molecule has 0 aliphatic rings. The number of benzene rings is 3. The Bertz CT molecular complexity index is 1130. The molecule has 1 atom stereocenters. The van der Waals surface area contributed by atoms with E-state index in [-0.39, 0.29) is 17.5 Å². The quantitative estimate of drug-likeness (QED) is 0.401. The van der Waals surface area contributed by atoms with Gasteiger partial charge in [0, 0.05) is 10.9 Å². The molecule has 7 heteroatoms. The summed E-state index contributed by atoms with van der Waals surface area (Å²) in [6.07, 6.45) is 0. The predicted octanol–water partition coefficient (Wildman–Crippen LogP) is 4.51. The van der Waals surface area contributed by atoms with Crippen molar-refractivity contribution in [2.24, 2.45) is 0 Å². The van der Waals surface area contributed by atoms with E-state index in [0.717, 1.165) is 0 Å². The van der Waals surface area contributed by atoms with E-state index in [1.807, 2.05) is 0 Å². The van der Waals surface area contributed by atoms with Crippen LogP contribution >= 0.6 is 7.37 Å². The monoisotopic (exact) mass is 435 g/mol. The highest BCUT2D eigenvalue weighted by Crippen LogP contribution is 2.59. The highest BCUT2D eigenvalue weighted by atomic mass is 31.2. The van der Waals surface area contributed by atoms with Crippen LogP contribution in [0.2, 0.25) is 0 Å². The second kappa shape index (κ2) is 10.0. The van der Waals surface area contributed by atoms with Gasteiger partial charge in [-0.25, -0.2) is 4.79 Å². The largest absolute Gasteiger partial charge is 0.477 e. The van der Waals surface area contributed by atoms with E-state index in [4.69, 9.17) is 4.52 Å². The summed E-state index contributed by atoms with van der Waals surface area (Å²) in [5.74, 6) is -2.04. The average molecular weight is 435 g/mol. The first-order valence-corrected chi connectivity index (χ1v) is 11.3. The number of carboxylic acids is 1. The first-order valence-electron chi connectivity index (χ1n) is 9.67. The Balaban J connectivity index is 2.27. The number of hydrogen-bond acceptors (Lipinski definition) is 4.